The Labute approximate surface area is 148 Å². The summed E-state index contributed by atoms with van der Waals surface area (Å²) in [5, 5.41) is 3.09. The van der Waals surface area contributed by atoms with Crippen molar-refractivity contribution in [3.05, 3.63) is 70.7 Å². The van der Waals surface area contributed by atoms with Gasteiger partial charge >= 0.3 is 5.97 Å². The predicted molar refractivity (Wildman–Crippen MR) is 94.8 cm³/mol. The van der Waals surface area contributed by atoms with Gasteiger partial charge in [0.1, 0.15) is 24.0 Å². The number of esters is 1. The summed E-state index contributed by atoms with van der Waals surface area (Å²) in [5.74, 6) is 0.287. The van der Waals surface area contributed by atoms with Crippen LogP contribution in [0.4, 0.5) is 0 Å². The first-order valence-corrected chi connectivity index (χ1v) is 8.54. The van der Waals surface area contributed by atoms with Crippen molar-refractivity contribution in [3.63, 3.8) is 0 Å². The molecule has 24 heavy (non-hydrogen) atoms. The monoisotopic (exact) mass is 359 g/mol. The van der Waals surface area contributed by atoms with E-state index in [9.17, 15) is 4.79 Å². The molecule has 2 aromatic carbocycles. The van der Waals surface area contributed by atoms with E-state index < -0.39 is 5.97 Å². The Morgan fingerprint density at radius 3 is 2.54 bits per heavy atom. The van der Waals surface area contributed by atoms with Crippen LogP contribution in [0.5, 0.6) is 5.75 Å². The van der Waals surface area contributed by atoms with Crippen LogP contribution in [-0.4, -0.2) is 24.2 Å². The molecule has 0 saturated heterocycles. The Morgan fingerprint density at radius 1 is 1.04 bits per heavy atom. The lowest BCUT2D eigenvalue weighted by Gasteiger charge is -2.06. The van der Waals surface area contributed by atoms with E-state index in [1.807, 2.05) is 42.5 Å². The molecule has 0 aliphatic carbocycles. The number of aromatic nitrogens is 1. The minimum absolute atomic E-state index is 0.168. The average molecular weight is 360 g/mol. The number of para-hydroxylation sites is 1. The van der Waals surface area contributed by atoms with E-state index in [1.165, 1.54) is 11.3 Å². The maximum Gasteiger partial charge on any atom is 0.357 e. The van der Waals surface area contributed by atoms with Crippen molar-refractivity contribution in [3.8, 4) is 16.3 Å². The topological polar surface area (TPSA) is 48.4 Å². The predicted octanol–water partition coefficient (Wildman–Crippen LogP) is 4.70. The van der Waals surface area contributed by atoms with Crippen molar-refractivity contribution in [1.29, 1.82) is 0 Å². The molecule has 0 atom stereocenters. The molecule has 0 aliphatic heterocycles. The van der Waals surface area contributed by atoms with Gasteiger partial charge in [-0.3, -0.25) is 0 Å². The fourth-order valence-electron chi connectivity index (χ4n) is 1.98. The van der Waals surface area contributed by atoms with Gasteiger partial charge in [0.05, 0.1) is 0 Å². The van der Waals surface area contributed by atoms with E-state index >= 15 is 0 Å². The summed E-state index contributed by atoms with van der Waals surface area (Å²) < 4.78 is 10.6. The van der Waals surface area contributed by atoms with E-state index in [1.54, 1.807) is 17.5 Å². The van der Waals surface area contributed by atoms with E-state index in [-0.39, 0.29) is 6.61 Å². The zero-order valence-electron chi connectivity index (χ0n) is 12.6. The molecule has 3 rings (SSSR count). The minimum Gasteiger partial charge on any atom is -0.490 e. The van der Waals surface area contributed by atoms with Crippen LogP contribution in [-0.2, 0) is 4.74 Å². The van der Waals surface area contributed by atoms with Gasteiger partial charge in [-0.15, -0.1) is 11.3 Å². The van der Waals surface area contributed by atoms with Crippen LogP contribution < -0.4 is 4.74 Å². The van der Waals surface area contributed by atoms with Gasteiger partial charge < -0.3 is 9.47 Å². The van der Waals surface area contributed by atoms with Crippen LogP contribution in [0.3, 0.4) is 0 Å². The second kappa shape index (κ2) is 7.95. The summed E-state index contributed by atoms with van der Waals surface area (Å²) in [6.45, 7) is 0.464. The first-order valence-electron chi connectivity index (χ1n) is 7.29. The Morgan fingerprint density at radius 2 is 1.79 bits per heavy atom. The second-order valence-corrected chi connectivity index (χ2v) is 6.14. The van der Waals surface area contributed by atoms with Crippen molar-refractivity contribution in [2.24, 2.45) is 0 Å². The Hall–Kier alpha value is -2.37. The van der Waals surface area contributed by atoms with Crippen molar-refractivity contribution in [1.82, 2.24) is 4.98 Å². The number of ether oxygens (including phenoxy) is 2. The number of nitrogens with zero attached hydrogens (tertiary/aromatic N) is 1. The SMILES string of the molecule is O=C(OCCOc1ccccc1)c1csc(-c2ccc(Cl)cc2)n1. The highest BCUT2D eigenvalue weighted by Crippen LogP contribution is 2.25. The van der Waals surface area contributed by atoms with Gasteiger partial charge in [0.15, 0.2) is 5.69 Å². The molecule has 4 nitrogen and oxygen atoms in total. The molecule has 122 valence electrons. The fraction of sp³-hybridized carbons (Fsp3) is 0.111. The zero-order valence-corrected chi connectivity index (χ0v) is 14.2. The zero-order chi connectivity index (χ0) is 16.8. The first kappa shape index (κ1) is 16.5. The molecule has 0 bridgehead atoms. The molecular weight excluding hydrogens is 346 g/mol. The molecule has 0 spiro atoms. The van der Waals surface area contributed by atoms with Gasteiger partial charge in [0.25, 0.3) is 0 Å². The number of thiazole rings is 1. The first-order chi connectivity index (χ1) is 11.7. The van der Waals surface area contributed by atoms with Gasteiger partial charge in [-0.2, -0.15) is 0 Å². The Kier molecular flexibility index (Phi) is 5.46. The molecule has 0 radical (unpaired) electrons. The molecule has 0 unspecified atom stereocenters. The van der Waals surface area contributed by atoms with Crippen LogP contribution in [0.25, 0.3) is 10.6 Å². The van der Waals surface area contributed by atoms with E-state index in [0.717, 1.165) is 16.3 Å². The van der Waals surface area contributed by atoms with Gasteiger partial charge in [0, 0.05) is 16.0 Å². The third-order valence-corrected chi connectivity index (χ3v) is 4.28. The number of halogens is 1. The third kappa shape index (κ3) is 4.34. The smallest absolute Gasteiger partial charge is 0.357 e. The summed E-state index contributed by atoms with van der Waals surface area (Å²) in [4.78, 5) is 16.3. The quantitative estimate of drug-likeness (QED) is 0.473. The summed E-state index contributed by atoms with van der Waals surface area (Å²) in [7, 11) is 0. The van der Waals surface area contributed by atoms with Crippen LogP contribution in [0.2, 0.25) is 5.02 Å². The molecule has 0 saturated carbocycles. The number of benzene rings is 2. The molecular formula is C18H14ClNO3S. The summed E-state index contributed by atoms with van der Waals surface area (Å²) >= 11 is 7.25. The molecule has 0 N–H and O–H groups in total. The lowest BCUT2D eigenvalue weighted by atomic mass is 10.2. The average Bonchev–Trinajstić information content (AvgIpc) is 3.10. The molecule has 1 heterocycles. The normalized spacial score (nSPS) is 10.4. The summed E-state index contributed by atoms with van der Waals surface area (Å²) in [6.07, 6.45) is 0. The fourth-order valence-corrected chi connectivity index (χ4v) is 2.90. The number of carbonyl (C=O) groups excluding carboxylic acids is 1. The largest absolute Gasteiger partial charge is 0.490 e. The van der Waals surface area contributed by atoms with Crippen molar-refractivity contribution in [2.45, 2.75) is 0 Å². The van der Waals surface area contributed by atoms with Crippen LogP contribution in [0.1, 0.15) is 10.5 Å². The number of rotatable bonds is 6. The molecule has 0 fully saturated rings. The Bertz CT molecular complexity index is 803. The van der Waals surface area contributed by atoms with Gasteiger partial charge in [-0.05, 0) is 24.3 Å². The summed E-state index contributed by atoms with van der Waals surface area (Å²) in [5.41, 5.74) is 1.21. The second-order valence-electron chi connectivity index (χ2n) is 4.84. The van der Waals surface area contributed by atoms with Crippen molar-refractivity contribution < 1.29 is 14.3 Å². The van der Waals surface area contributed by atoms with Crippen LogP contribution >= 0.6 is 22.9 Å². The highest BCUT2D eigenvalue weighted by Gasteiger charge is 2.13. The number of hydrogen-bond acceptors (Lipinski definition) is 5. The van der Waals surface area contributed by atoms with Crippen LogP contribution in [0, 0.1) is 0 Å². The number of hydrogen-bond donors (Lipinski definition) is 0. The molecule has 0 aliphatic rings. The van der Waals surface area contributed by atoms with Crippen LogP contribution in [0.15, 0.2) is 60.0 Å². The molecule has 0 amide bonds. The maximum atomic E-state index is 12.0. The molecule has 3 aromatic rings. The highest BCUT2D eigenvalue weighted by atomic mass is 35.5. The van der Waals surface area contributed by atoms with Gasteiger partial charge in [0.2, 0.25) is 0 Å². The third-order valence-electron chi connectivity index (χ3n) is 3.13. The van der Waals surface area contributed by atoms with Crippen molar-refractivity contribution >= 4 is 28.9 Å². The Balaban J connectivity index is 1.51. The maximum absolute atomic E-state index is 12.0. The van der Waals surface area contributed by atoms with E-state index in [4.69, 9.17) is 21.1 Å². The van der Waals surface area contributed by atoms with E-state index in [2.05, 4.69) is 4.98 Å². The minimum atomic E-state index is -0.455. The van der Waals surface area contributed by atoms with Gasteiger partial charge in [-0.25, -0.2) is 9.78 Å². The lowest BCUT2D eigenvalue weighted by Crippen LogP contribution is -2.12. The molecule has 6 heteroatoms. The highest BCUT2D eigenvalue weighted by molar-refractivity contribution is 7.13. The van der Waals surface area contributed by atoms with Gasteiger partial charge in [-0.1, -0.05) is 41.9 Å². The number of carbonyl (C=O) groups is 1. The summed E-state index contributed by atoms with van der Waals surface area (Å²) in [6, 6.07) is 16.7. The standard InChI is InChI=1S/C18H14ClNO3S/c19-14-8-6-13(7-9-14)17-20-16(12-24-17)18(21)23-11-10-22-15-4-2-1-3-5-15/h1-9,12H,10-11H2. The lowest BCUT2D eigenvalue weighted by molar-refractivity contribution is 0.0444. The molecule has 1 aromatic heterocycles. The van der Waals surface area contributed by atoms with E-state index in [0.29, 0.717) is 17.3 Å². The van der Waals surface area contributed by atoms with Crippen molar-refractivity contribution in [2.75, 3.05) is 13.2 Å².